The van der Waals surface area contributed by atoms with Gasteiger partial charge in [-0.15, -0.1) is 0 Å². The first-order valence-electron chi connectivity index (χ1n) is 10.2. The molecule has 9 nitrogen and oxygen atoms in total. The van der Waals surface area contributed by atoms with Crippen LogP contribution in [0.25, 0.3) is 11.4 Å². The van der Waals surface area contributed by atoms with Gasteiger partial charge in [0.25, 0.3) is 5.91 Å². The van der Waals surface area contributed by atoms with Crippen molar-refractivity contribution >= 4 is 17.5 Å². The van der Waals surface area contributed by atoms with Gasteiger partial charge in [0.1, 0.15) is 11.4 Å². The summed E-state index contributed by atoms with van der Waals surface area (Å²) in [5.41, 5.74) is 2.91. The highest BCUT2D eigenvalue weighted by Crippen LogP contribution is 2.20. The number of rotatable bonds is 7. The van der Waals surface area contributed by atoms with Gasteiger partial charge in [0.05, 0.1) is 17.3 Å². The van der Waals surface area contributed by atoms with Crippen molar-refractivity contribution < 1.29 is 4.79 Å². The van der Waals surface area contributed by atoms with Crippen LogP contribution in [0.1, 0.15) is 29.4 Å². The summed E-state index contributed by atoms with van der Waals surface area (Å²) in [5, 5.41) is 19.6. The topological polar surface area (TPSA) is 112 Å². The molecular formula is C22H24N8O. The van der Waals surface area contributed by atoms with E-state index in [1.165, 1.54) is 6.42 Å². The molecule has 1 aliphatic heterocycles. The van der Waals surface area contributed by atoms with Crippen molar-refractivity contribution in [3.63, 3.8) is 0 Å². The van der Waals surface area contributed by atoms with Crippen molar-refractivity contribution in [3.05, 3.63) is 53.9 Å². The summed E-state index contributed by atoms with van der Waals surface area (Å²) in [4.78, 5) is 23.8. The Morgan fingerprint density at radius 2 is 2.10 bits per heavy atom. The predicted octanol–water partition coefficient (Wildman–Crippen LogP) is 2.32. The van der Waals surface area contributed by atoms with E-state index in [1.807, 2.05) is 13.0 Å². The number of carbonyl (C=O) groups is 1. The molecule has 1 aliphatic rings. The fourth-order valence-electron chi connectivity index (χ4n) is 3.46. The van der Waals surface area contributed by atoms with Gasteiger partial charge < -0.3 is 15.5 Å². The third-order valence-corrected chi connectivity index (χ3v) is 5.14. The molecule has 0 bridgehead atoms. The lowest BCUT2D eigenvalue weighted by Gasteiger charge is -2.33. The number of hydrogen-bond donors (Lipinski definition) is 2. The number of anilines is 2. The number of nitrogens with one attached hydrogen (secondary N) is 2. The first-order chi connectivity index (χ1) is 15.0. The Balaban J connectivity index is 1.48. The molecule has 1 atom stereocenters. The van der Waals surface area contributed by atoms with Gasteiger partial charge in [-0.3, -0.25) is 9.48 Å². The molecule has 158 valence electrons. The lowest BCUT2D eigenvalue weighted by Crippen LogP contribution is -2.47. The number of nitrogens with zero attached hydrogens (tertiary/aromatic N) is 6. The van der Waals surface area contributed by atoms with Crippen LogP contribution in [-0.4, -0.2) is 56.2 Å². The maximum atomic E-state index is 12.7. The SMILES string of the molecule is C[C@@H](CN1CCC1)NC(=O)c1cc(-c2ccnc(Nc3cccc(C#N)c3)n2)nn1C. The van der Waals surface area contributed by atoms with Gasteiger partial charge in [-0.1, -0.05) is 6.07 Å². The summed E-state index contributed by atoms with van der Waals surface area (Å²) in [6.45, 7) is 5.06. The standard InChI is InChI=1S/C22H24N8O/c1-15(14-30-9-4-10-30)25-21(31)20-12-19(28-29(20)2)18-7-8-24-22(27-18)26-17-6-3-5-16(11-17)13-23/h3,5-8,11-12,15H,4,9-10,14H2,1-2H3,(H,25,31)(H,24,26,27)/t15-/m0/s1. The highest BCUT2D eigenvalue weighted by Gasteiger charge is 2.20. The monoisotopic (exact) mass is 416 g/mol. The number of aromatic nitrogens is 4. The minimum absolute atomic E-state index is 0.0603. The normalized spacial score (nSPS) is 14.4. The first kappa shape index (κ1) is 20.5. The number of carbonyl (C=O) groups excluding carboxylic acids is 1. The van der Waals surface area contributed by atoms with Gasteiger partial charge in [0.2, 0.25) is 5.95 Å². The molecule has 0 saturated carbocycles. The molecule has 4 rings (SSSR count). The maximum absolute atomic E-state index is 12.7. The van der Waals surface area contributed by atoms with E-state index in [2.05, 4.69) is 36.7 Å². The minimum Gasteiger partial charge on any atom is -0.347 e. The van der Waals surface area contributed by atoms with Gasteiger partial charge >= 0.3 is 0 Å². The number of likely N-dealkylation sites (tertiary alicyclic amines) is 1. The van der Waals surface area contributed by atoms with E-state index in [1.54, 1.807) is 48.3 Å². The Morgan fingerprint density at radius 3 is 2.84 bits per heavy atom. The molecule has 3 aromatic rings. The maximum Gasteiger partial charge on any atom is 0.269 e. The van der Waals surface area contributed by atoms with E-state index < -0.39 is 0 Å². The molecule has 2 N–H and O–H groups in total. The predicted molar refractivity (Wildman–Crippen MR) is 117 cm³/mol. The van der Waals surface area contributed by atoms with Crippen LogP contribution >= 0.6 is 0 Å². The fourth-order valence-corrected chi connectivity index (χ4v) is 3.46. The molecule has 0 radical (unpaired) electrons. The summed E-state index contributed by atoms with van der Waals surface area (Å²) < 4.78 is 1.56. The molecule has 1 amide bonds. The first-order valence-corrected chi connectivity index (χ1v) is 10.2. The van der Waals surface area contributed by atoms with Gasteiger partial charge in [0.15, 0.2) is 0 Å². The number of aryl methyl sites for hydroxylation is 1. The van der Waals surface area contributed by atoms with Crippen LogP contribution in [0.5, 0.6) is 0 Å². The smallest absolute Gasteiger partial charge is 0.269 e. The second-order valence-electron chi connectivity index (χ2n) is 7.65. The number of nitriles is 1. The van der Waals surface area contributed by atoms with Crippen LogP contribution in [0.15, 0.2) is 42.6 Å². The van der Waals surface area contributed by atoms with Gasteiger partial charge in [-0.05, 0) is 56.8 Å². The summed E-state index contributed by atoms with van der Waals surface area (Å²) in [6, 6.07) is 12.7. The van der Waals surface area contributed by atoms with Crippen molar-refractivity contribution in [1.29, 1.82) is 5.26 Å². The van der Waals surface area contributed by atoms with Crippen molar-refractivity contribution in [3.8, 4) is 17.5 Å². The molecule has 9 heteroatoms. The van der Waals surface area contributed by atoms with Crippen molar-refractivity contribution in [2.45, 2.75) is 19.4 Å². The third kappa shape index (κ3) is 4.87. The zero-order valence-electron chi connectivity index (χ0n) is 17.5. The van der Waals surface area contributed by atoms with Gasteiger partial charge in [-0.25, -0.2) is 9.97 Å². The summed E-state index contributed by atoms with van der Waals surface area (Å²) >= 11 is 0. The second-order valence-corrected chi connectivity index (χ2v) is 7.65. The average Bonchev–Trinajstić information content (AvgIpc) is 3.13. The quantitative estimate of drug-likeness (QED) is 0.608. The Kier molecular flexibility index (Phi) is 5.91. The van der Waals surface area contributed by atoms with E-state index in [0.717, 1.165) is 19.6 Å². The Bertz CT molecular complexity index is 1130. The van der Waals surface area contributed by atoms with Crippen LogP contribution in [-0.2, 0) is 7.05 Å². The fraction of sp³-hybridized carbons (Fsp3) is 0.318. The summed E-state index contributed by atoms with van der Waals surface area (Å²) in [7, 11) is 1.74. The molecule has 3 heterocycles. The number of amides is 1. The number of benzene rings is 1. The van der Waals surface area contributed by atoms with Gasteiger partial charge in [0, 0.05) is 31.5 Å². The molecule has 0 aliphatic carbocycles. The zero-order valence-corrected chi connectivity index (χ0v) is 17.5. The lowest BCUT2D eigenvalue weighted by molar-refractivity contribution is 0.0905. The van der Waals surface area contributed by atoms with E-state index >= 15 is 0 Å². The molecular weight excluding hydrogens is 392 g/mol. The minimum atomic E-state index is -0.157. The average molecular weight is 416 g/mol. The van der Waals surface area contributed by atoms with Crippen LogP contribution in [0.3, 0.4) is 0 Å². The zero-order chi connectivity index (χ0) is 21.8. The van der Waals surface area contributed by atoms with Crippen molar-refractivity contribution in [2.75, 3.05) is 25.0 Å². The van der Waals surface area contributed by atoms with Crippen molar-refractivity contribution in [2.24, 2.45) is 7.05 Å². The lowest BCUT2D eigenvalue weighted by atomic mass is 10.2. The van der Waals surface area contributed by atoms with Crippen molar-refractivity contribution in [1.82, 2.24) is 30.0 Å². The molecule has 0 spiro atoms. The summed E-state index contributed by atoms with van der Waals surface area (Å²) in [6.07, 6.45) is 2.85. The Hall–Kier alpha value is -3.77. The Morgan fingerprint density at radius 1 is 1.26 bits per heavy atom. The largest absolute Gasteiger partial charge is 0.347 e. The molecule has 31 heavy (non-hydrogen) atoms. The highest BCUT2D eigenvalue weighted by molar-refractivity contribution is 5.93. The van der Waals surface area contributed by atoms with Crippen LogP contribution in [0.2, 0.25) is 0 Å². The van der Waals surface area contributed by atoms with Gasteiger partial charge in [-0.2, -0.15) is 10.4 Å². The van der Waals surface area contributed by atoms with Crippen LogP contribution in [0.4, 0.5) is 11.6 Å². The van der Waals surface area contributed by atoms with Crippen LogP contribution < -0.4 is 10.6 Å². The van der Waals surface area contributed by atoms with E-state index in [9.17, 15) is 4.79 Å². The summed E-state index contributed by atoms with van der Waals surface area (Å²) in [5.74, 6) is 0.224. The van der Waals surface area contributed by atoms with E-state index in [-0.39, 0.29) is 11.9 Å². The molecule has 2 aromatic heterocycles. The Labute approximate surface area is 180 Å². The number of hydrogen-bond acceptors (Lipinski definition) is 7. The third-order valence-electron chi connectivity index (χ3n) is 5.14. The van der Waals surface area contributed by atoms with E-state index in [4.69, 9.17) is 5.26 Å². The van der Waals surface area contributed by atoms with E-state index in [0.29, 0.717) is 34.3 Å². The second kappa shape index (κ2) is 8.93. The van der Waals surface area contributed by atoms with Crippen LogP contribution in [0, 0.1) is 11.3 Å². The highest BCUT2D eigenvalue weighted by atomic mass is 16.2. The molecule has 1 fully saturated rings. The molecule has 0 unspecified atom stereocenters. The molecule has 1 saturated heterocycles. The molecule has 1 aromatic carbocycles.